The van der Waals surface area contributed by atoms with Gasteiger partial charge in [0.15, 0.2) is 0 Å². The number of rotatable bonds is 2. The summed E-state index contributed by atoms with van der Waals surface area (Å²) in [7, 11) is 3.38. The second-order valence-electron chi connectivity index (χ2n) is 3.18. The van der Waals surface area contributed by atoms with Gasteiger partial charge in [0, 0.05) is 0 Å². The molecule has 1 aromatic carbocycles. The molecule has 15 heavy (non-hydrogen) atoms. The Morgan fingerprint density at radius 3 is 1.87 bits per heavy atom. The van der Waals surface area contributed by atoms with Gasteiger partial charge in [0.1, 0.15) is 11.5 Å². The standard InChI is InChI=1S/C11H16O2.BrH.Mg.2H/c1-7-6-10(12-4)8(2)9(3)11(7)13-5;;;;/h6H,1-5H3;1H;;;. The Bertz CT molecular complexity index is 327. The van der Waals surface area contributed by atoms with Crippen LogP contribution in [-0.2, 0) is 0 Å². The SMILES string of the molecule is Br.COc1cc(C)c(OC)c(C)c1C.[MgH2]. The van der Waals surface area contributed by atoms with Gasteiger partial charge >= 0.3 is 23.1 Å². The summed E-state index contributed by atoms with van der Waals surface area (Å²) in [6.45, 7) is 6.10. The molecule has 0 saturated carbocycles. The van der Waals surface area contributed by atoms with Crippen molar-refractivity contribution in [2.24, 2.45) is 0 Å². The third kappa shape index (κ3) is 3.54. The minimum absolute atomic E-state index is 0. The van der Waals surface area contributed by atoms with Gasteiger partial charge in [-0.25, -0.2) is 0 Å². The molecular formula is C11H19BrMgO2. The van der Waals surface area contributed by atoms with Crippen LogP contribution in [-0.4, -0.2) is 37.3 Å². The van der Waals surface area contributed by atoms with Crippen LogP contribution in [0, 0.1) is 20.8 Å². The molecule has 0 spiro atoms. The molecule has 0 N–H and O–H groups in total. The summed E-state index contributed by atoms with van der Waals surface area (Å²) >= 11 is 0. The van der Waals surface area contributed by atoms with Crippen molar-refractivity contribution in [1.29, 1.82) is 0 Å². The Hall–Kier alpha value is 0.0662. The highest BCUT2D eigenvalue weighted by Gasteiger charge is 2.10. The number of hydrogen-bond donors (Lipinski definition) is 0. The fraction of sp³-hybridized carbons (Fsp3) is 0.455. The van der Waals surface area contributed by atoms with Gasteiger partial charge in [-0.1, -0.05) is 0 Å². The zero-order valence-electron chi connectivity index (χ0n) is 9.30. The number of aryl methyl sites for hydroxylation is 1. The van der Waals surface area contributed by atoms with E-state index < -0.39 is 0 Å². The average molecular weight is 287 g/mol. The van der Waals surface area contributed by atoms with E-state index in [9.17, 15) is 0 Å². The fourth-order valence-corrected chi connectivity index (χ4v) is 1.55. The highest BCUT2D eigenvalue weighted by Crippen LogP contribution is 2.32. The highest BCUT2D eigenvalue weighted by atomic mass is 79.9. The van der Waals surface area contributed by atoms with E-state index in [1.807, 2.05) is 26.8 Å². The van der Waals surface area contributed by atoms with Crippen LogP contribution in [0.1, 0.15) is 16.7 Å². The lowest BCUT2D eigenvalue weighted by Crippen LogP contribution is -1.96. The van der Waals surface area contributed by atoms with Crippen molar-refractivity contribution in [2.45, 2.75) is 20.8 Å². The second-order valence-corrected chi connectivity index (χ2v) is 3.18. The van der Waals surface area contributed by atoms with E-state index in [1.54, 1.807) is 14.2 Å². The molecule has 0 radical (unpaired) electrons. The molecule has 0 amide bonds. The first kappa shape index (κ1) is 17.5. The minimum atomic E-state index is 0. The molecule has 0 unspecified atom stereocenters. The van der Waals surface area contributed by atoms with Crippen LogP contribution >= 0.6 is 17.0 Å². The number of hydrogen-bond acceptors (Lipinski definition) is 2. The zero-order valence-corrected chi connectivity index (χ0v) is 11.0. The van der Waals surface area contributed by atoms with Crippen LogP contribution in [0.5, 0.6) is 11.5 Å². The number of halogens is 1. The van der Waals surface area contributed by atoms with Gasteiger partial charge in [-0.15, -0.1) is 17.0 Å². The van der Waals surface area contributed by atoms with Crippen molar-refractivity contribution in [3.63, 3.8) is 0 Å². The van der Waals surface area contributed by atoms with Crippen LogP contribution < -0.4 is 9.47 Å². The molecule has 0 aliphatic heterocycles. The molecule has 0 heterocycles. The van der Waals surface area contributed by atoms with Gasteiger partial charge in [-0.3, -0.25) is 0 Å². The lowest BCUT2D eigenvalue weighted by atomic mass is 10.0. The smallest absolute Gasteiger partial charge is 0.316 e. The molecule has 0 bridgehead atoms. The predicted octanol–water partition coefficient (Wildman–Crippen LogP) is 2.29. The van der Waals surface area contributed by atoms with Crippen molar-refractivity contribution in [3.05, 3.63) is 22.8 Å². The van der Waals surface area contributed by atoms with Gasteiger partial charge in [0.2, 0.25) is 0 Å². The lowest BCUT2D eigenvalue weighted by molar-refractivity contribution is 0.395. The van der Waals surface area contributed by atoms with E-state index in [2.05, 4.69) is 0 Å². The maximum absolute atomic E-state index is 5.30. The molecular weight excluding hydrogens is 268 g/mol. The van der Waals surface area contributed by atoms with Crippen LogP contribution in [0.25, 0.3) is 0 Å². The maximum atomic E-state index is 5.30. The van der Waals surface area contributed by atoms with Crippen LogP contribution in [0.3, 0.4) is 0 Å². The maximum Gasteiger partial charge on any atom is 0.316 e. The largest absolute Gasteiger partial charge is 0.496 e. The first-order chi connectivity index (χ1) is 6.11. The molecule has 0 aliphatic rings. The molecule has 0 aromatic heterocycles. The monoisotopic (exact) mass is 286 g/mol. The van der Waals surface area contributed by atoms with E-state index >= 15 is 0 Å². The first-order valence-corrected chi connectivity index (χ1v) is 4.30. The Balaban J connectivity index is 0. The van der Waals surface area contributed by atoms with Gasteiger partial charge in [-0.2, -0.15) is 0 Å². The van der Waals surface area contributed by atoms with Crippen molar-refractivity contribution in [1.82, 2.24) is 0 Å². The third-order valence-corrected chi connectivity index (χ3v) is 2.40. The molecule has 1 aromatic rings. The Morgan fingerprint density at radius 1 is 0.933 bits per heavy atom. The second kappa shape index (κ2) is 7.36. The summed E-state index contributed by atoms with van der Waals surface area (Å²) in [6.07, 6.45) is 0. The molecule has 0 fully saturated rings. The molecule has 0 atom stereocenters. The van der Waals surface area contributed by atoms with Gasteiger partial charge in [0.05, 0.1) is 14.2 Å². The molecule has 2 nitrogen and oxygen atoms in total. The van der Waals surface area contributed by atoms with E-state index in [0.29, 0.717) is 0 Å². The van der Waals surface area contributed by atoms with E-state index in [4.69, 9.17) is 9.47 Å². The summed E-state index contributed by atoms with van der Waals surface area (Å²) in [4.78, 5) is 0. The molecule has 1 rings (SSSR count). The number of benzene rings is 1. The fourth-order valence-electron chi connectivity index (χ4n) is 1.55. The first-order valence-electron chi connectivity index (χ1n) is 4.30. The van der Waals surface area contributed by atoms with E-state index in [0.717, 1.165) is 28.2 Å². The van der Waals surface area contributed by atoms with Crippen LogP contribution in [0.2, 0.25) is 0 Å². The van der Waals surface area contributed by atoms with Gasteiger partial charge in [-0.05, 0) is 43.5 Å². The molecule has 84 valence electrons. The third-order valence-electron chi connectivity index (χ3n) is 2.40. The quantitative estimate of drug-likeness (QED) is 0.777. The summed E-state index contributed by atoms with van der Waals surface area (Å²) in [5.41, 5.74) is 3.41. The highest BCUT2D eigenvalue weighted by molar-refractivity contribution is 8.93. The number of ether oxygens (including phenoxy) is 2. The van der Waals surface area contributed by atoms with Crippen LogP contribution in [0.15, 0.2) is 6.07 Å². The topological polar surface area (TPSA) is 18.5 Å². The normalized spacial score (nSPS) is 8.60. The zero-order chi connectivity index (χ0) is 10.0. The van der Waals surface area contributed by atoms with E-state index in [1.165, 1.54) is 0 Å². The van der Waals surface area contributed by atoms with Crippen molar-refractivity contribution < 1.29 is 9.47 Å². The minimum Gasteiger partial charge on any atom is -0.496 e. The predicted molar refractivity (Wildman–Crippen MR) is 72.6 cm³/mol. The Labute approximate surface area is 118 Å². The summed E-state index contributed by atoms with van der Waals surface area (Å²) < 4.78 is 10.6. The van der Waals surface area contributed by atoms with Gasteiger partial charge < -0.3 is 9.47 Å². The Kier molecular flexibility index (Phi) is 8.56. The van der Waals surface area contributed by atoms with Crippen molar-refractivity contribution >= 4 is 40.0 Å². The van der Waals surface area contributed by atoms with E-state index in [-0.39, 0.29) is 40.0 Å². The number of methoxy groups -OCH3 is 2. The summed E-state index contributed by atoms with van der Waals surface area (Å²) in [5, 5.41) is 0. The average Bonchev–Trinajstić information content (AvgIpc) is 2.12. The summed E-state index contributed by atoms with van der Waals surface area (Å²) in [6, 6.07) is 2.00. The molecule has 0 aliphatic carbocycles. The Morgan fingerprint density at radius 2 is 1.47 bits per heavy atom. The molecule has 4 heteroatoms. The van der Waals surface area contributed by atoms with Crippen molar-refractivity contribution in [3.8, 4) is 11.5 Å². The molecule has 0 saturated heterocycles. The van der Waals surface area contributed by atoms with Crippen molar-refractivity contribution in [2.75, 3.05) is 14.2 Å². The lowest BCUT2D eigenvalue weighted by Gasteiger charge is -2.14. The van der Waals surface area contributed by atoms with Gasteiger partial charge in [0.25, 0.3) is 0 Å². The summed E-state index contributed by atoms with van der Waals surface area (Å²) in [5.74, 6) is 1.88. The van der Waals surface area contributed by atoms with Crippen LogP contribution in [0.4, 0.5) is 0 Å².